The Labute approximate surface area is 95.3 Å². The Bertz CT molecular complexity index is 351. The number of fused-ring (bicyclic) bond motifs is 1. The van der Waals surface area contributed by atoms with E-state index in [1.54, 1.807) is 6.92 Å². The topological polar surface area (TPSA) is 32.3 Å². The fourth-order valence-electron chi connectivity index (χ4n) is 2.11. The van der Waals surface area contributed by atoms with Crippen LogP contribution in [-0.4, -0.2) is 17.8 Å². The van der Waals surface area contributed by atoms with Gasteiger partial charge in [-0.2, -0.15) is 0 Å². The summed E-state index contributed by atoms with van der Waals surface area (Å²) >= 11 is 5.94. The van der Waals surface area contributed by atoms with Crippen molar-refractivity contribution in [1.82, 2.24) is 5.32 Å². The molecule has 0 radical (unpaired) electrons. The predicted molar refractivity (Wildman–Crippen MR) is 62.2 cm³/mol. The predicted octanol–water partition coefficient (Wildman–Crippen LogP) is 2.30. The molecule has 1 aliphatic carbocycles. The molecule has 2 atom stereocenters. The first-order chi connectivity index (χ1) is 7.16. The zero-order valence-corrected chi connectivity index (χ0v) is 9.59. The van der Waals surface area contributed by atoms with E-state index in [0.29, 0.717) is 12.6 Å². The van der Waals surface area contributed by atoms with Crippen LogP contribution in [0.15, 0.2) is 18.2 Å². The van der Waals surface area contributed by atoms with Crippen molar-refractivity contribution < 1.29 is 5.11 Å². The fraction of sp³-hybridized carbons (Fsp3) is 0.500. The molecule has 3 heteroatoms. The largest absolute Gasteiger partial charge is 0.392 e. The molecule has 2 nitrogen and oxygen atoms in total. The number of nitrogens with one attached hydrogen (secondary N) is 1. The van der Waals surface area contributed by atoms with Gasteiger partial charge in [-0.15, -0.1) is 0 Å². The highest BCUT2D eigenvalue weighted by Gasteiger charge is 2.21. The molecule has 1 aliphatic rings. The van der Waals surface area contributed by atoms with Crippen molar-refractivity contribution in [2.24, 2.45) is 0 Å². The van der Waals surface area contributed by atoms with E-state index in [-0.39, 0.29) is 6.10 Å². The normalized spacial score (nSPS) is 21.4. The van der Waals surface area contributed by atoms with Crippen molar-refractivity contribution >= 4 is 11.6 Å². The number of benzene rings is 1. The second kappa shape index (κ2) is 4.52. The highest BCUT2D eigenvalue weighted by molar-refractivity contribution is 6.30. The van der Waals surface area contributed by atoms with Crippen LogP contribution in [0.5, 0.6) is 0 Å². The molecular formula is C12H16ClNO. The number of aryl methyl sites for hydroxylation is 1. The van der Waals surface area contributed by atoms with Crippen LogP contribution in [0.4, 0.5) is 0 Å². The van der Waals surface area contributed by atoms with Crippen molar-refractivity contribution in [3.63, 3.8) is 0 Å². The molecule has 2 rings (SSSR count). The van der Waals surface area contributed by atoms with Crippen LogP contribution >= 0.6 is 11.6 Å². The second-order valence-electron chi connectivity index (χ2n) is 4.19. The lowest BCUT2D eigenvalue weighted by Crippen LogP contribution is -2.27. The molecule has 0 aromatic heterocycles. The van der Waals surface area contributed by atoms with Gasteiger partial charge in [0.1, 0.15) is 0 Å². The summed E-state index contributed by atoms with van der Waals surface area (Å²) in [5.74, 6) is 0. The van der Waals surface area contributed by atoms with Crippen molar-refractivity contribution in [3.8, 4) is 0 Å². The molecule has 0 saturated heterocycles. The third kappa shape index (κ3) is 2.51. The number of rotatable bonds is 3. The lowest BCUT2D eigenvalue weighted by Gasteiger charge is -2.15. The Balaban J connectivity index is 2.08. The lowest BCUT2D eigenvalue weighted by atomic mass is 10.1. The summed E-state index contributed by atoms with van der Waals surface area (Å²) in [5.41, 5.74) is 2.67. The number of aliphatic hydroxyl groups excluding tert-OH is 1. The molecule has 2 N–H and O–H groups in total. The maximum absolute atomic E-state index is 9.22. The molecule has 0 spiro atoms. The Hall–Kier alpha value is -0.570. The second-order valence-corrected chi connectivity index (χ2v) is 4.63. The van der Waals surface area contributed by atoms with Crippen molar-refractivity contribution in [2.45, 2.75) is 31.9 Å². The van der Waals surface area contributed by atoms with Gasteiger partial charge in [-0.05, 0) is 43.0 Å². The van der Waals surface area contributed by atoms with Gasteiger partial charge >= 0.3 is 0 Å². The van der Waals surface area contributed by atoms with Crippen LogP contribution < -0.4 is 5.32 Å². The first kappa shape index (κ1) is 10.9. The minimum Gasteiger partial charge on any atom is -0.392 e. The average molecular weight is 226 g/mol. The van der Waals surface area contributed by atoms with Crippen molar-refractivity contribution in [1.29, 1.82) is 0 Å². The summed E-state index contributed by atoms with van der Waals surface area (Å²) in [4.78, 5) is 0. The van der Waals surface area contributed by atoms with Crippen LogP contribution in [0, 0.1) is 0 Å². The van der Waals surface area contributed by atoms with Crippen molar-refractivity contribution in [2.75, 3.05) is 6.54 Å². The maximum atomic E-state index is 9.22. The highest BCUT2D eigenvalue weighted by atomic mass is 35.5. The SMILES string of the molecule is C[C@H](O)CN[C@H]1CCc2cc(Cl)ccc21. The molecule has 15 heavy (non-hydrogen) atoms. The molecule has 82 valence electrons. The summed E-state index contributed by atoms with van der Waals surface area (Å²) in [6, 6.07) is 6.44. The van der Waals surface area contributed by atoms with Crippen LogP contribution in [0.2, 0.25) is 5.02 Å². The molecule has 0 fully saturated rings. The van der Waals surface area contributed by atoms with Gasteiger partial charge in [0.05, 0.1) is 6.10 Å². The van der Waals surface area contributed by atoms with Crippen LogP contribution in [0.25, 0.3) is 0 Å². The summed E-state index contributed by atoms with van der Waals surface area (Å²) in [5, 5.41) is 13.4. The fourth-order valence-corrected chi connectivity index (χ4v) is 2.31. The molecular weight excluding hydrogens is 210 g/mol. The Morgan fingerprint density at radius 1 is 1.60 bits per heavy atom. The quantitative estimate of drug-likeness (QED) is 0.828. The smallest absolute Gasteiger partial charge is 0.0636 e. The van der Waals surface area contributed by atoms with E-state index in [9.17, 15) is 5.11 Å². The van der Waals surface area contributed by atoms with Crippen LogP contribution in [0.1, 0.15) is 30.5 Å². The molecule has 0 bridgehead atoms. The minimum atomic E-state index is -0.290. The van der Waals surface area contributed by atoms with Gasteiger partial charge in [0.15, 0.2) is 0 Å². The number of halogens is 1. The average Bonchev–Trinajstić information content (AvgIpc) is 2.57. The third-order valence-corrected chi connectivity index (χ3v) is 3.08. The Morgan fingerprint density at radius 3 is 3.13 bits per heavy atom. The van der Waals surface area contributed by atoms with Crippen molar-refractivity contribution in [3.05, 3.63) is 34.3 Å². The van der Waals surface area contributed by atoms with Gasteiger partial charge in [-0.1, -0.05) is 17.7 Å². The minimum absolute atomic E-state index is 0.290. The number of hydrogen-bond donors (Lipinski definition) is 2. The molecule has 1 aromatic rings. The van der Waals surface area contributed by atoms with E-state index >= 15 is 0 Å². The Kier molecular flexibility index (Phi) is 3.29. The van der Waals surface area contributed by atoms with E-state index in [4.69, 9.17) is 11.6 Å². The van der Waals surface area contributed by atoms with E-state index in [1.165, 1.54) is 11.1 Å². The zero-order chi connectivity index (χ0) is 10.8. The molecule has 0 unspecified atom stereocenters. The van der Waals surface area contributed by atoms with Gasteiger partial charge in [-0.3, -0.25) is 0 Å². The monoisotopic (exact) mass is 225 g/mol. The molecule has 1 aromatic carbocycles. The highest BCUT2D eigenvalue weighted by Crippen LogP contribution is 2.32. The first-order valence-corrected chi connectivity index (χ1v) is 5.74. The summed E-state index contributed by atoms with van der Waals surface area (Å²) in [6.07, 6.45) is 1.89. The van der Waals surface area contributed by atoms with Crippen LogP contribution in [-0.2, 0) is 6.42 Å². The van der Waals surface area contributed by atoms with Crippen LogP contribution in [0.3, 0.4) is 0 Å². The molecule has 0 saturated carbocycles. The lowest BCUT2D eigenvalue weighted by molar-refractivity contribution is 0.186. The maximum Gasteiger partial charge on any atom is 0.0636 e. The Morgan fingerprint density at radius 2 is 2.40 bits per heavy atom. The van der Waals surface area contributed by atoms with Gasteiger partial charge in [0.2, 0.25) is 0 Å². The first-order valence-electron chi connectivity index (χ1n) is 5.36. The summed E-state index contributed by atoms with van der Waals surface area (Å²) in [6.45, 7) is 2.44. The van der Waals surface area contributed by atoms with E-state index in [1.807, 2.05) is 12.1 Å². The van der Waals surface area contributed by atoms with E-state index < -0.39 is 0 Å². The van der Waals surface area contributed by atoms with Gasteiger partial charge in [-0.25, -0.2) is 0 Å². The zero-order valence-electron chi connectivity index (χ0n) is 8.83. The standard InChI is InChI=1S/C12H16ClNO/c1-8(15)7-14-12-5-2-9-6-10(13)3-4-11(9)12/h3-4,6,8,12,14-15H,2,5,7H2,1H3/t8-,12-/m0/s1. The van der Waals surface area contributed by atoms with E-state index in [0.717, 1.165) is 17.9 Å². The third-order valence-electron chi connectivity index (χ3n) is 2.84. The summed E-state index contributed by atoms with van der Waals surface area (Å²) < 4.78 is 0. The van der Waals surface area contributed by atoms with Gasteiger partial charge < -0.3 is 10.4 Å². The van der Waals surface area contributed by atoms with Gasteiger partial charge in [0, 0.05) is 17.6 Å². The molecule has 0 heterocycles. The number of hydrogen-bond acceptors (Lipinski definition) is 2. The molecule has 0 aliphatic heterocycles. The summed E-state index contributed by atoms with van der Waals surface area (Å²) in [7, 11) is 0. The molecule has 0 amide bonds. The van der Waals surface area contributed by atoms with E-state index in [2.05, 4.69) is 11.4 Å². The number of aliphatic hydroxyl groups is 1. The van der Waals surface area contributed by atoms with Gasteiger partial charge in [0.25, 0.3) is 0 Å².